The van der Waals surface area contributed by atoms with Gasteiger partial charge in [0.05, 0.1) is 30.0 Å². The first kappa shape index (κ1) is 10.9. The van der Waals surface area contributed by atoms with Gasteiger partial charge < -0.3 is 15.5 Å². The number of aromatic nitrogens is 2. The largest absolute Gasteiger partial charge is 0.496 e. The molecule has 2 aromatic rings. The lowest BCUT2D eigenvalue weighted by atomic mass is 10.1. The van der Waals surface area contributed by atoms with Gasteiger partial charge in [-0.2, -0.15) is 0 Å². The molecule has 0 saturated heterocycles. The van der Waals surface area contributed by atoms with Crippen LogP contribution >= 0.6 is 0 Å². The van der Waals surface area contributed by atoms with Gasteiger partial charge >= 0.3 is 0 Å². The van der Waals surface area contributed by atoms with Gasteiger partial charge in [-0.25, -0.2) is 4.98 Å². The fraction of sp³-hybridized carbons (Fsp3) is 0.100. The van der Waals surface area contributed by atoms with E-state index in [0.29, 0.717) is 17.0 Å². The number of hydrogen-bond acceptors (Lipinski definition) is 5. The van der Waals surface area contributed by atoms with Gasteiger partial charge in [0.2, 0.25) is 0 Å². The molecule has 0 saturated carbocycles. The molecule has 1 heterocycles. The summed E-state index contributed by atoms with van der Waals surface area (Å²) >= 11 is 0. The minimum atomic E-state index is -0.479. The number of nitrogens with two attached hydrogens (primary N) is 1. The number of non-ortho nitro benzene ring substituents is 1. The number of hydrogen-bond donors (Lipinski definition) is 2. The first-order chi connectivity index (χ1) is 8.11. The molecule has 2 rings (SSSR count). The zero-order chi connectivity index (χ0) is 12.4. The number of nitro benzene ring substituents is 1. The zero-order valence-electron chi connectivity index (χ0n) is 9.01. The summed E-state index contributed by atoms with van der Waals surface area (Å²) in [6.45, 7) is 0. The molecule has 7 heteroatoms. The van der Waals surface area contributed by atoms with Crippen LogP contribution in [0.1, 0.15) is 0 Å². The number of methoxy groups -OCH3 is 1. The molecule has 0 aliphatic heterocycles. The average Bonchev–Trinajstić information content (AvgIpc) is 2.74. The summed E-state index contributed by atoms with van der Waals surface area (Å²) in [5.74, 6) is 0.670. The van der Waals surface area contributed by atoms with Crippen LogP contribution in [-0.2, 0) is 0 Å². The Labute approximate surface area is 96.4 Å². The normalized spacial score (nSPS) is 10.2. The molecule has 0 bridgehead atoms. The molecule has 17 heavy (non-hydrogen) atoms. The standard InChI is InChI=1S/C10H10N4O3/c1-17-9-4-6(14(15)16)2-3-7(9)8-5-12-10(11)13-8/h2-5H,1H3,(H3,11,12,13). The highest BCUT2D eigenvalue weighted by molar-refractivity contribution is 5.69. The summed E-state index contributed by atoms with van der Waals surface area (Å²) in [5.41, 5.74) is 6.76. The Morgan fingerprint density at radius 1 is 1.53 bits per heavy atom. The summed E-state index contributed by atoms with van der Waals surface area (Å²) in [6.07, 6.45) is 1.54. The summed E-state index contributed by atoms with van der Waals surface area (Å²) < 4.78 is 5.11. The highest BCUT2D eigenvalue weighted by Crippen LogP contribution is 2.32. The molecule has 1 aromatic heterocycles. The molecule has 0 fully saturated rings. The van der Waals surface area contributed by atoms with E-state index in [2.05, 4.69) is 9.97 Å². The van der Waals surface area contributed by atoms with Crippen LogP contribution in [0, 0.1) is 10.1 Å². The van der Waals surface area contributed by atoms with Crippen molar-refractivity contribution < 1.29 is 9.66 Å². The fourth-order valence-corrected chi connectivity index (χ4v) is 1.49. The average molecular weight is 234 g/mol. The third kappa shape index (κ3) is 2.03. The third-order valence-corrected chi connectivity index (χ3v) is 2.28. The molecule has 7 nitrogen and oxygen atoms in total. The predicted molar refractivity (Wildman–Crippen MR) is 61.6 cm³/mol. The van der Waals surface area contributed by atoms with Crippen LogP contribution in [-0.4, -0.2) is 22.0 Å². The lowest BCUT2D eigenvalue weighted by Crippen LogP contribution is -1.93. The van der Waals surface area contributed by atoms with Gasteiger partial charge in [-0.3, -0.25) is 10.1 Å². The highest BCUT2D eigenvalue weighted by atomic mass is 16.6. The number of anilines is 1. The Morgan fingerprint density at radius 3 is 2.82 bits per heavy atom. The van der Waals surface area contributed by atoms with Gasteiger partial charge in [0.25, 0.3) is 5.69 Å². The highest BCUT2D eigenvalue weighted by Gasteiger charge is 2.13. The van der Waals surface area contributed by atoms with Gasteiger partial charge in [-0.1, -0.05) is 0 Å². The molecular weight excluding hydrogens is 224 g/mol. The number of rotatable bonds is 3. The second-order valence-electron chi connectivity index (χ2n) is 3.32. The molecule has 0 atom stereocenters. The van der Waals surface area contributed by atoms with E-state index < -0.39 is 4.92 Å². The number of nitrogens with one attached hydrogen (secondary N) is 1. The van der Waals surface area contributed by atoms with Crippen LogP contribution < -0.4 is 10.5 Å². The second kappa shape index (κ2) is 4.12. The van der Waals surface area contributed by atoms with E-state index in [1.807, 2.05) is 0 Å². The van der Waals surface area contributed by atoms with Crippen molar-refractivity contribution in [3.05, 3.63) is 34.5 Å². The lowest BCUT2D eigenvalue weighted by molar-refractivity contribution is -0.384. The van der Waals surface area contributed by atoms with E-state index in [0.717, 1.165) is 0 Å². The van der Waals surface area contributed by atoms with Crippen molar-refractivity contribution in [2.24, 2.45) is 0 Å². The minimum absolute atomic E-state index is 0.0295. The van der Waals surface area contributed by atoms with Gasteiger partial charge in [0.15, 0.2) is 5.95 Å². The van der Waals surface area contributed by atoms with E-state index in [-0.39, 0.29) is 11.6 Å². The number of nitrogen functional groups attached to an aromatic ring is 1. The number of ether oxygens (including phenoxy) is 1. The number of nitro groups is 1. The van der Waals surface area contributed by atoms with Crippen molar-refractivity contribution in [2.45, 2.75) is 0 Å². The number of nitrogens with zero attached hydrogens (tertiary/aromatic N) is 2. The van der Waals surface area contributed by atoms with Gasteiger partial charge in [-0.15, -0.1) is 0 Å². The molecule has 0 aliphatic rings. The predicted octanol–water partition coefficient (Wildman–Crippen LogP) is 1.58. The van der Waals surface area contributed by atoms with Crippen molar-refractivity contribution in [2.75, 3.05) is 12.8 Å². The Hall–Kier alpha value is -2.57. The van der Waals surface area contributed by atoms with Crippen LogP contribution in [0.15, 0.2) is 24.4 Å². The van der Waals surface area contributed by atoms with Gasteiger partial charge in [0, 0.05) is 11.6 Å². The number of H-pyrrole nitrogens is 1. The van der Waals surface area contributed by atoms with E-state index in [1.165, 1.54) is 19.2 Å². The monoisotopic (exact) mass is 234 g/mol. The van der Waals surface area contributed by atoms with Crippen molar-refractivity contribution in [1.82, 2.24) is 9.97 Å². The van der Waals surface area contributed by atoms with Gasteiger partial charge in [0.1, 0.15) is 5.75 Å². The van der Waals surface area contributed by atoms with E-state index in [9.17, 15) is 10.1 Å². The first-order valence-electron chi connectivity index (χ1n) is 4.75. The van der Waals surface area contributed by atoms with Gasteiger partial charge in [-0.05, 0) is 6.07 Å². The summed E-state index contributed by atoms with van der Waals surface area (Å²) in [6, 6.07) is 4.34. The molecule has 1 aromatic carbocycles. The van der Waals surface area contributed by atoms with Crippen molar-refractivity contribution in [3.8, 4) is 17.0 Å². The van der Waals surface area contributed by atoms with E-state index in [1.54, 1.807) is 12.3 Å². The zero-order valence-corrected chi connectivity index (χ0v) is 9.01. The smallest absolute Gasteiger partial charge is 0.273 e. The Kier molecular flexibility index (Phi) is 2.65. The van der Waals surface area contributed by atoms with Crippen molar-refractivity contribution >= 4 is 11.6 Å². The fourth-order valence-electron chi connectivity index (χ4n) is 1.49. The van der Waals surface area contributed by atoms with Crippen LogP contribution in [0.3, 0.4) is 0 Å². The van der Waals surface area contributed by atoms with Crippen LogP contribution in [0.25, 0.3) is 11.3 Å². The molecule has 0 spiro atoms. The maximum atomic E-state index is 10.6. The Balaban J connectivity index is 2.51. The van der Waals surface area contributed by atoms with Crippen LogP contribution in [0.5, 0.6) is 5.75 Å². The maximum absolute atomic E-state index is 10.6. The molecule has 88 valence electrons. The van der Waals surface area contributed by atoms with Crippen LogP contribution in [0.2, 0.25) is 0 Å². The number of aromatic amines is 1. The summed E-state index contributed by atoms with van der Waals surface area (Å²) in [7, 11) is 1.45. The molecule has 0 aliphatic carbocycles. The molecule has 0 radical (unpaired) electrons. The number of benzene rings is 1. The van der Waals surface area contributed by atoms with Crippen molar-refractivity contribution in [1.29, 1.82) is 0 Å². The summed E-state index contributed by atoms with van der Waals surface area (Å²) in [4.78, 5) is 16.8. The van der Waals surface area contributed by atoms with Crippen molar-refractivity contribution in [3.63, 3.8) is 0 Å². The van der Waals surface area contributed by atoms with E-state index >= 15 is 0 Å². The Morgan fingerprint density at radius 2 is 2.29 bits per heavy atom. The summed E-state index contributed by atoms with van der Waals surface area (Å²) in [5, 5.41) is 10.6. The maximum Gasteiger partial charge on any atom is 0.273 e. The molecule has 3 N–H and O–H groups in total. The molecule has 0 unspecified atom stereocenters. The third-order valence-electron chi connectivity index (χ3n) is 2.28. The molecule has 0 amide bonds. The minimum Gasteiger partial charge on any atom is -0.496 e. The lowest BCUT2D eigenvalue weighted by Gasteiger charge is -2.05. The SMILES string of the molecule is COc1cc([N+](=O)[O-])ccc1-c1cnc(N)[nH]1. The second-order valence-corrected chi connectivity index (χ2v) is 3.32. The molecular formula is C10H10N4O3. The number of imidazole rings is 1. The first-order valence-corrected chi connectivity index (χ1v) is 4.75. The Bertz CT molecular complexity index is 564. The quantitative estimate of drug-likeness (QED) is 0.619. The van der Waals surface area contributed by atoms with Crippen LogP contribution in [0.4, 0.5) is 11.6 Å². The van der Waals surface area contributed by atoms with E-state index in [4.69, 9.17) is 10.5 Å². The topological polar surface area (TPSA) is 107 Å².